The second-order valence-corrected chi connectivity index (χ2v) is 6.48. The molecule has 3 heterocycles. The summed E-state index contributed by atoms with van der Waals surface area (Å²) >= 11 is 5.97. The molecule has 0 radical (unpaired) electrons. The predicted octanol–water partition coefficient (Wildman–Crippen LogP) is 3.70. The van der Waals surface area contributed by atoms with Crippen LogP contribution in [0.5, 0.6) is 0 Å². The van der Waals surface area contributed by atoms with Crippen molar-refractivity contribution in [3.63, 3.8) is 0 Å². The number of aromatic carboxylic acids is 1. The van der Waals surface area contributed by atoms with Gasteiger partial charge in [-0.1, -0.05) is 17.7 Å². The molecule has 1 aliphatic rings. The van der Waals surface area contributed by atoms with E-state index in [0.29, 0.717) is 10.7 Å². The second-order valence-electron chi connectivity index (χ2n) is 6.05. The number of fused-ring (bicyclic) bond motifs is 1. The molecule has 1 atom stereocenters. The van der Waals surface area contributed by atoms with Crippen LogP contribution in [0.4, 0.5) is 5.69 Å². The summed E-state index contributed by atoms with van der Waals surface area (Å²) in [6.45, 7) is 0. The van der Waals surface area contributed by atoms with E-state index < -0.39 is 5.97 Å². The number of aromatic nitrogens is 2. The lowest BCUT2D eigenvalue weighted by atomic mass is 9.89. The van der Waals surface area contributed by atoms with E-state index in [0.717, 1.165) is 16.9 Å². The highest BCUT2D eigenvalue weighted by Gasteiger charge is 2.34. The van der Waals surface area contributed by atoms with Crippen molar-refractivity contribution >= 4 is 29.2 Å². The van der Waals surface area contributed by atoms with Crippen molar-refractivity contribution in [3.8, 4) is 5.69 Å². The number of amides is 1. The zero-order valence-corrected chi connectivity index (χ0v) is 14.3. The zero-order chi connectivity index (χ0) is 18.3. The molecule has 0 spiro atoms. The zero-order valence-electron chi connectivity index (χ0n) is 13.5. The van der Waals surface area contributed by atoms with Gasteiger partial charge in [-0.2, -0.15) is 0 Å². The third-order valence-corrected chi connectivity index (χ3v) is 4.70. The smallest absolute Gasteiger partial charge is 0.339 e. The van der Waals surface area contributed by atoms with E-state index in [1.54, 1.807) is 35.2 Å². The van der Waals surface area contributed by atoms with Crippen LogP contribution in [0.3, 0.4) is 0 Å². The first-order valence-electron chi connectivity index (χ1n) is 7.99. The minimum atomic E-state index is -1.10. The average Bonchev–Trinajstić information content (AvgIpc) is 3.02. The first kappa shape index (κ1) is 16.4. The number of hydrogen-bond acceptors (Lipinski definition) is 3. The Kier molecular flexibility index (Phi) is 3.97. The Morgan fingerprint density at radius 1 is 1.27 bits per heavy atom. The van der Waals surface area contributed by atoms with Crippen molar-refractivity contribution in [1.82, 2.24) is 9.55 Å². The molecule has 4 rings (SSSR count). The van der Waals surface area contributed by atoms with E-state index in [-0.39, 0.29) is 23.8 Å². The van der Waals surface area contributed by atoms with Gasteiger partial charge in [0.15, 0.2) is 0 Å². The molecule has 0 saturated carbocycles. The first-order valence-corrected chi connectivity index (χ1v) is 8.36. The van der Waals surface area contributed by atoms with Crippen LogP contribution in [0.1, 0.15) is 34.0 Å². The maximum absolute atomic E-state index is 12.2. The number of rotatable bonds is 3. The summed E-state index contributed by atoms with van der Waals surface area (Å²) < 4.78 is 1.80. The summed E-state index contributed by atoms with van der Waals surface area (Å²) in [6.07, 6.45) is 5.11. The number of benzene rings is 1. The Bertz CT molecular complexity index is 997. The van der Waals surface area contributed by atoms with Gasteiger partial charge in [0.25, 0.3) is 0 Å². The third kappa shape index (κ3) is 2.74. The van der Waals surface area contributed by atoms with Gasteiger partial charge in [-0.25, -0.2) is 4.79 Å². The highest BCUT2D eigenvalue weighted by Crippen LogP contribution is 2.41. The molecule has 2 aromatic heterocycles. The normalized spacial score (nSPS) is 16.0. The van der Waals surface area contributed by atoms with Gasteiger partial charge >= 0.3 is 5.97 Å². The fraction of sp³-hybridized carbons (Fsp3) is 0.105. The summed E-state index contributed by atoms with van der Waals surface area (Å²) in [6, 6.07) is 10.8. The minimum Gasteiger partial charge on any atom is -0.478 e. The summed E-state index contributed by atoms with van der Waals surface area (Å²) in [5, 5.41) is 12.9. The molecular weight excluding hydrogens is 354 g/mol. The number of hydrogen-bond donors (Lipinski definition) is 2. The van der Waals surface area contributed by atoms with Crippen LogP contribution in [0.15, 0.2) is 55.0 Å². The van der Waals surface area contributed by atoms with Crippen molar-refractivity contribution in [3.05, 3.63) is 76.8 Å². The van der Waals surface area contributed by atoms with Crippen molar-refractivity contribution in [2.45, 2.75) is 12.3 Å². The summed E-state index contributed by atoms with van der Waals surface area (Å²) in [5.41, 5.74) is 2.73. The summed E-state index contributed by atoms with van der Waals surface area (Å²) in [4.78, 5) is 28.1. The average molecular weight is 368 g/mol. The number of carbonyl (C=O) groups is 2. The molecule has 1 aromatic carbocycles. The van der Waals surface area contributed by atoms with Crippen molar-refractivity contribution < 1.29 is 14.7 Å². The second kappa shape index (κ2) is 6.31. The summed E-state index contributed by atoms with van der Waals surface area (Å²) in [7, 11) is 0. The number of pyridine rings is 1. The highest BCUT2D eigenvalue weighted by atomic mass is 35.5. The number of carboxylic acids is 1. The van der Waals surface area contributed by atoms with E-state index in [4.69, 9.17) is 11.6 Å². The number of carboxylic acid groups (broad SMARTS) is 1. The Hall–Kier alpha value is -3.12. The van der Waals surface area contributed by atoms with E-state index in [2.05, 4.69) is 10.3 Å². The van der Waals surface area contributed by atoms with Gasteiger partial charge in [-0.05, 0) is 35.9 Å². The van der Waals surface area contributed by atoms with Crippen LogP contribution in [0.25, 0.3) is 5.69 Å². The third-order valence-electron chi connectivity index (χ3n) is 4.45. The van der Waals surface area contributed by atoms with Crippen LogP contribution < -0.4 is 5.32 Å². The van der Waals surface area contributed by atoms with E-state index in [9.17, 15) is 14.7 Å². The van der Waals surface area contributed by atoms with Gasteiger partial charge in [0, 0.05) is 41.6 Å². The van der Waals surface area contributed by atoms with Crippen LogP contribution in [-0.2, 0) is 4.79 Å². The lowest BCUT2D eigenvalue weighted by Crippen LogP contribution is -2.25. The largest absolute Gasteiger partial charge is 0.478 e. The monoisotopic (exact) mass is 367 g/mol. The van der Waals surface area contributed by atoms with Crippen LogP contribution in [-0.4, -0.2) is 26.5 Å². The predicted molar refractivity (Wildman–Crippen MR) is 97.1 cm³/mol. The lowest BCUT2D eigenvalue weighted by Gasteiger charge is -2.26. The molecule has 3 aromatic rings. The van der Waals surface area contributed by atoms with Gasteiger partial charge in [0.1, 0.15) is 5.56 Å². The maximum atomic E-state index is 12.2. The quantitative estimate of drug-likeness (QED) is 0.739. The van der Waals surface area contributed by atoms with Crippen molar-refractivity contribution in [2.75, 3.05) is 5.32 Å². The van der Waals surface area contributed by atoms with Gasteiger partial charge in [0.05, 0.1) is 11.4 Å². The number of anilines is 1. The number of nitrogens with one attached hydrogen (secondary N) is 1. The molecule has 1 aliphatic heterocycles. The lowest BCUT2D eigenvalue weighted by molar-refractivity contribution is -0.116. The molecule has 0 bridgehead atoms. The van der Waals surface area contributed by atoms with Crippen LogP contribution >= 0.6 is 11.6 Å². The van der Waals surface area contributed by atoms with Crippen molar-refractivity contribution in [2.24, 2.45) is 0 Å². The number of halogens is 1. The standard InChI is InChI=1S/C19H14ClN3O3/c20-12-3-5-13(6-4-12)23-10-15(19(25)26)17-18(23)14(8-16(24)22-17)11-2-1-7-21-9-11/h1-7,9-10,14H,8H2,(H,22,24)(H,25,26)/t14-/m0/s1. The molecule has 7 heteroatoms. The van der Waals surface area contributed by atoms with E-state index >= 15 is 0 Å². The molecule has 2 N–H and O–H groups in total. The van der Waals surface area contributed by atoms with E-state index in [1.807, 2.05) is 18.2 Å². The molecule has 26 heavy (non-hydrogen) atoms. The molecule has 0 aliphatic carbocycles. The molecule has 0 saturated heterocycles. The van der Waals surface area contributed by atoms with Crippen molar-refractivity contribution in [1.29, 1.82) is 0 Å². The number of nitrogens with zero attached hydrogens (tertiary/aromatic N) is 2. The Labute approximate surface area is 154 Å². The molecule has 6 nitrogen and oxygen atoms in total. The summed E-state index contributed by atoms with van der Waals surface area (Å²) in [5.74, 6) is -1.61. The van der Waals surface area contributed by atoms with Gasteiger partial charge in [-0.3, -0.25) is 9.78 Å². The number of carbonyl (C=O) groups excluding carboxylic acids is 1. The fourth-order valence-corrected chi connectivity index (χ4v) is 3.43. The van der Waals surface area contributed by atoms with Crippen LogP contribution in [0.2, 0.25) is 5.02 Å². The fourth-order valence-electron chi connectivity index (χ4n) is 3.30. The first-order chi connectivity index (χ1) is 12.5. The topological polar surface area (TPSA) is 84.2 Å². The van der Waals surface area contributed by atoms with Gasteiger partial charge in [-0.15, -0.1) is 0 Å². The molecule has 1 amide bonds. The Morgan fingerprint density at radius 3 is 2.69 bits per heavy atom. The molecular formula is C19H14ClN3O3. The molecule has 130 valence electrons. The van der Waals surface area contributed by atoms with Gasteiger partial charge in [0.2, 0.25) is 5.91 Å². The van der Waals surface area contributed by atoms with Crippen LogP contribution in [0, 0.1) is 0 Å². The maximum Gasteiger partial charge on any atom is 0.339 e. The van der Waals surface area contributed by atoms with Gasteiger partial charge < -0.3 is 15.0 Å². The van der Waals surface area contributed by atoms with E-state index in [1.165, 1.54) is 6.20 Å². The SMILES string of the molecule is O=C1C[C@@H](c2cccnc2)c2c(c(C(=O)O)cn2-c2ccc(Cl)cc2)N1. The highest BCUT2D eigenvalue weighted by molar-refractivity contribution is 6.30. The Morgan fingerprint density at radius 2 is 2.04 bits per heavy atom. The Balaban J connectivity index is 1.97. The molecule has 0 unspecified atom stereocenters. The molecule has 0 fully saturated rings. The minimum absolute atomic E-state index is 0.0527.